The first-order valence-electron chi connectivity index (χ1n) is 10.0. The average Bonchev–Trinajstić information content (AvgIpc) is 2.90. The van der Waals surface area contributed by atoms with E-state index in [4.69, 9.17) is 9.72 Å². The molecular formula is C20H32N6O2. The van der Waals surface area contributed by atoms with Gasteiger partial charge in [0.05, 0.1) is 0 Å². The number of imidazole rings is 1. The number of hydrogen-bond acceptors (Lipinski definition) is 6. The van der Waals surface area contributed by atoms with Gasteiger partial charge in [-0.25, -0.2) is 19.7 Å². The fraction of sp³-hybridized carbons (Fsp3) is 0.700. The van der Waals surface area contributed by atoms with Crippen LogP contribution in [0.4, 0.5) is 10.6 Å². The zero-order valence-corrected chi connectivity index (χ0v) is 18.0. The third-order valence-corrected chi connectivity index (χ3v) is 4.83. The molecule has 1 N–H and O–H groups in total. The predicted octanol–water partition coefficient (Wildman–Crippen LogP) is 3.84. The SMILES string of the molecule is Cc1nc(NC2CCN(C(=O)OC(C)(C)C)CC2)c2nc(C)n(C(C)C)c2n1. The molecule has 3 heterocycles. The van der Waals surface area contributed by atoms with Crippen LogP contribution in [0.25, 0.3) is 11.2 Å². The van der Waals surface area contributed by atoms with Crippen molar-refractivity contribution in [2.24, 2.45) is 0 Å². The van der Waals surface area contributed by atoms with Crippen molar-refractivity contribution in [3.8, 4) is 0 Å². The molecule has 1 saturated heterocycles. The number of hydrogen-bond donors (Lipinski definition) is 1. The number of amides is 1. The highest BCUT2D eigenvalue weighted by Gasteiger charge is 2.27. The van der Waals surface area contributed by atoms with Crippen LogP contribution >= 0.6 is 0 Å². The topological polar surface area (TPSA) is 85.2 Å². The Morgan fingerprint density at radius 2 is 1.79 bits per heavy atom. The number of carbonyl (C=O) groups excluding carboxylic acids is 1. The lowest BCUT2D eigenvalue weighted by molar-refractivity contribution is 0.0210. The highest BCUT2D eigenvalue weighted by Crippen LogP contribution is 2.26. The van der Waals surface area contributed by atoms with E-state index in [0.717, 1.165) is 41.5 Å². The summed E-state index contributed by atoms with van der Waals surface area (Å²) in [4.78, 5) is 28.0. The monoisotopic (exact) mass is 388 g/mol. The molecule has 0 unspecified atom stereocenters. The smallest absolute Gasteiger partial charge is 0.410 e. The Hall–Kier alpha value is -2.38. The van der Waals surface area contributed by atoms with E-state index in [9.17, 15) is 4.79 Å². The zero-order valence-electron chi connectivity index (χ0n) is 18.0. The Balaban J connectivity index is 1.73. The lowest BCUT2D eigenvalue weighted by Crippen LogP contribution is -2.44. The Kier molecular flexibility index (Phi) is 5.50. The molecule has 154 valence electrons. The van der Waals surface area contributed by atoms with E-state index in [1.807, 2.05) is 34.6 Å². The van der Waals surface area contributed by atoms with Gasteiger partial charge in [0.1, 0.15) is 17.2 Å². The number of aromatic nitrogens is 4. The van der Waals surface area contributed by atoms with E-state index < -0.39 is 5.60 Å². The van der Waals surface area contributed by atoms with Crippen LogP contribution in [0, 0.1) is 13.8 Å². The highest BCUT2D eigenvalue weighted by atomic mass is 16.6. The lowest BCUT2D eigenvalue weighted by atomic mass is 10.1. The molecule has 0 spiro atoms. The number of nitrogens with one attached hydrogen (secondary N) is 1. The van der Waals surface area contributed by atoms with Gasteiger partial charge in [0.25, 0.3) is 0 Å². The minimum Gasteiger partial charge on any atom is -0.444 e. The molecule has 0 radical (unpaired) electrons. The molecule has 1 aliphatic rings. The summed E-state index contributed by atoms with van der Waals surface area (Å²) in [6.07, 6.45) is 1.44. The summed E-state index contributed by atoms with van der Waals surface area (Å²) in [7, 11) is 0. The molecule has 2 aromatic rings. The van der Waals surface area contributed by atoms with Gasteiger partial charge >= 0.3 is 6.09 Å². The van der Waals surface area contributed by atoms with Gasteiger partial charge in [-0.15, -0.1) is 0 Å². The maximum Gasteiger partial charge on any atom is 0.410 e. The van der Waals surface area contributed by atoms with Gasteiger partial charge in [0.15, 0.2) is 17.0 Å². The number of aryl methyl sites for hydroxylation is 2. The first kappa shape index (κ1) is 20.4. The number of rotatable bonds is 3. The van der Waals surface area contributed by atoms with Gasteiger partial charge in [-0.2, -0.15) is 0 Å². The van der Waals surface area contributed by atoms with E-state index >= 15 is 0 Å². The Morgan fingerprint density at radius 1 is 1.14 bits per heavy atom. The Morgan fingerprint density at radius 3 is 2.36 bits per heavy atom. The minimum atomic E-state index is -0.469. The van der Waals surface area contributed by atoms with Gasteiger partial charge in [-0.1, -0.05) is 0 Å². The second-order valence-electron chi connectivity index (χ2n) is 8.80. The Labute approximate surface area is 166 Å². The quantitative estimate of drug-likeness (QED) is 0.860. The van der Waals surface area contributed by atoms with Crippen molar-refractivity contribution < 1.29 is 9.53 Å². The summed E-state index contributed by atoms with van der Waals surface area (Å²) in [5, 5.41) is 3.55. The molecule has 0 aliphatic carbocycles. The van der Waals surface area contributed by atoms with Crippen molar-refractivity contribution in [2.45, 2.75) is 79.0 Å². The van der Waals surface area contributed by atoms with Crippen molar-refractivity contribution >= 4 is 23.1 Å². The number of carbonyl (C=O) groups is 1. The van der Waals surface area contributed by atoms with Crippen LogP contribution in [-0.4, -0.2) is 55.2 Å². The summed E-state index contributed by atoms with van der Waals surface area (Å²) >= 11 is 0. The predicted molar refractivity (Wildman–Crippen MR) is 110 cm³/mol. The Bertz CT molecular complexity index is 860. The number of piperidine rings is 1. The second kappa shape index (κ2) is 7.56. The van der Waals surface area contributed by atoms with Crippen LogP contribution in [0.1, 0.15) is 65.2 Å². The second-order valence-corrected chi connectivity index (χ2v) is 8.80. The maximum absolute atomic E-state index is 12.3. The molecule has 8 heteroatoms. The normalized spacial score (nSPS) is 16.1. The van der Waals surface area contributed by atoms with Crippen LogP contribution in [-0.2, 0) is 4.74 Å². The standard InChI is InChI=1S/C20H32N6O2/c1-12(2)26-14(4)23-16-17(21-13(3)22-18(16)26)24-15-8-10-25(11-9-15)19(27)28-20(5,6)7/h12,15H,8-11H2,1-7H3,(H,21,22,24). The van der Waals surface area contributed by atoms with Gasteiger partial charge in [-0.3, -0.25) is 0 Å². The minimum absolute atomic E-state index is 0.237. The van der Waals surface area contributed by atoms with Crippen molar-refractivity contribution in [1.29, 1.82) is 0 Å². The largest absolute Gasteiger partial charge is 0.444 e. The number of anilines is 1. The molecule has 2 aromatic heterocycles. The summed E-state index contributed by atoms with van der Waals surface area (Å²) < 4.78 is 7.61. The molecular weight excluding hydrogens is 356 g/mol. The number of ether oxygens (including phenoxy) is 1. The molecule has 1 amide bonds. The average molecular weight is 389 g/mol. The van der Waals surface area contributed by atoms with Crippen LogP contribution in [0.2, 0.25) is 0 Å². The van der Waals surface area contributed by atoms with E-state index in [1.54, 1.807) is 4.90 Å². The van der Waals surface area contributed by atoms with Crippen molar-refractivity contribution in [3.05, 3.63) is 11.6 Å². The maximum atomic E-state index is 12.3. The van der Waals surface area contributed by atoms with Gasteiger partial charge in [0, 0.05) is 25.2 Å². The van der Waals surface area contributed by atoms with Crippen molar-refractivity contribution in [2.75, 3.05) is 18.4 Å². The summed E-state index contributed by atoms with van der Waals surface area (Å²) in [6, 6.07) is 0.518. The summed E-state index contributed by atoms with van der Waals surface area (Å²) in [5.74, 6) is 2.44. The van der Waals surface area contributed by atoms with E-state index in [0.29, 0.717) is 13.1 Å². The van der Waals surface area contributed by atoms with Crippen LogP contribution in [0.15, 0.2) is 0 Å². The first-order chi connectivity index (χ1) is 13.0. The van der Waals surface area contributed by atoms with Gasteiger partial charge < -0.3 is 19.5 Å². The van der Waals surface area contributed by atoms with Crippen LogP contribution in [0.5, 0.6) is 0 Å². The summed E-state index contributed by atoms with van der Waals surface area (Å²) in [5.41, 5.74) is 1.21. The van der Waals surface area contributed by atoms with Crippen molar-refractivity contribution in [1.82, 2.24) is 24.4 Å². The molecule has 0 saturated carbocycles. The fourth-order valence-corrected chi connectivity index (χ4v) is 3.64. The van der Waals surface area contributed by atoms with Crippen LogP contribution < -0.4 is 5.32 Å². The molecule has 3 rings (SSSR count). The molecule has 1 aliphatic heterocycles. The van der Waals surface area contributed by atoms with Crippen LogP contribution in [0.3, 0.4) is 0 Å². The first-order valence-corrected chi connectivity index (χ1v) is 10.0. The van der Waals surface area contributed by atoms with E-state index in [-0.39, 0.29) is 18.2 Å². The zero-order chi connectivity index (χ0) is 20.6. The molecule has 0 bridgehead atoms. The molecule has 28 heavy (non-hydrogen) atoms. The number of nitrogens with zero attached hydrogens (tertiary/aromatic N) is 5. The fourth-order valence-electron chi connectivity index (χ4n) is 3.64. The summed E-state index contributed by atoms with van der Waals surface area (Å²) in [6.45, 7) is 15.2. The molecule has 8 nitrogen and oxygen atoms in total. The lowest BCUT2D eigenvalue weighted by Gasteiger charge is -2.33. The third-order valence-electron chi connectivity index (χ3n) is 4.83. The van der Waals surface area contributed by atoms with E-state index in [2.05, 4.69) is 33.7 Å². The number of likely N-dealkylation sites (tertiary alicyclic amines) is 1. The third kappa shape index (κ3) is 4.36. The molecule has 0 atom stereocenters. The van der Waals surface area contributed by atoms with E-state index in [1.165, 1.54) is 0 Å². The number of fused-ring (bicyclic) bond motifs is 1. The van der Waals surface area contributed by atoms with Gasteiger partial charge in [-0.05, 0) is 61.3 Å². The van der Waals surface area contributed by atoms with Crippen molar-refractivity contribution in [3.63, 3.8) is 0 Å². The van der Waals surface area contributed by atoms with Gasteiger partial charge in [0.2, 0.25) is 0 Å². The molecule has 0 aromatic carbocycles. The molecule has 1 fully saturated rings. The highest BCUT2D eigenvalue weighted by molar-refractivity contribution is 5.84.